The van der Waals surface area contributed by atoms with E-state index in [-0.39, 0.29) is 36.2 Å². The molecule has 0 aliphatic heterocycles. The molecule has 0 heterocycles. The minimum Gasteiger partial charge on any atom is -0.477 e. The molecule has 0 radical (unpaired) electrons. The summed E-state index contributed by atoms with van der Waals surface area (Å²) < 4.78 is 17.2. The Labute approximate surface area is 342 Å². The molecule has 0 saturated carbocycles. The summed E-state index contributed by atoms with van der Waals surface area (Å²) in [7, 11) is 5.50. The van der Waals surface area contributed by atoms with E-state index in [2.05, 4.69) is 86.8 Å². The van der Waals surface area contributed by atoms with Gasteiger partial charge in [-0.25, -0.2) is 4.79 Å². The number of unbranched alkanes of at least 4 members (excludes halogenated alkanes) is 12. The van der Waals surface area contributed by atoms with Crippen molar-refractivity contribution < 1.29 is 38.2 Å². The summed E-state index contributed by atoms with van der Waals surface area (Å²) in [6.45, 7) is 4.53. The van der Waals surface area contributed by atoms with Crippen LogP contribution in [0.25, 0.3) is 0 Å². The molecule has 2 unspecified atom stereocenters. The van der Waals surface area contributed by atoms with Gasteiger partial charge in [0.1, 0.15) is 6.61 Å². The van der Waals surface area contributed by atoms with Crippen molar-refractivity contribution in [2.75, 3.05) is 41.0 Å². The molecule has 0 rings (SSSR count). The molecule has 8 nitrogen and oxygen atoms in total. The fraction of sp³-hybridized carbons (Fsp3) is 0.688. The van der Waals surface area contributed by atoms with Crippen LogP contribution < -0.4 is 0 Å². The summed E-state index contributed by atoms with van der Waals surface area (Å²) in [5.41, 5.74) is 0. The van der Waals surface area contributed by atoms with Gasteiger partial charge in [0.25, 0.3) is 0 Å². The molecule has 1 N–H and O–H groups in total. The van der Waals surface area contributed by atoms with E-state index in [1.807, 2.05) is 21.1 Å². The van der Waals surface area contributed by atoms with Crippen molar-refractivity contribution in [2.45, 2.75) is 174 Å². The van der Waals surface area contributed by atoms with Crippen molar-refractivity contribution >= 4 is 17.9 Å². The Morgan fingerprint density at radius 1 is 0.554 bits per heavy atom. The number of hydrogen-bond acceptors (Lipinski definition) is 6. The van der Waals surface area contributed by atoms with Gasteiger partial charge in [-0.15, -0.1) is 0 Å². The number of aliphatic carboxylic acids is 1. The predicted octanol–water partition coefficient (Wildman–Crippen LogP) is 12.0. The molecular weight excluding hydrogens is 703 g/mol. The highest BCUT2D eigenvalue weighted by atomic mass is 16.6. The van der Waals surface area contributed by atoms with Gasteiger partial charge in [0.2, 0.25) is 0 Å². The van der Waals surface area contributed by atoms with E-state index in [1.54, 1.807) is 0 Å². The van der Waals surface area contributed by atoms with Crippen LogP contribution in [0.1, 0.15) is 162 Å². The number of rotatable bonds is 38. The maximum absolute atomic E-state index is 12.7. The van der Waals surface area contributed by atoms with E-state index in [0.29, 0.717) is 25.7 Å². The number of carbonyl (C=O) groups is 3. The third-order valence-corrected chi connectivity index (χ3v) is 9.34. The molecule has 8 heteroatoms. The summed E-state index contributed by atoms with van der Waals surface area (Å²) in [5.74, 6) is -1.53. The van der Waals surface area contributed by atoms with Gasteiger partial charge in [0.05, 0.1) is 34.4 Å². The Morgan fingerprint density at radius 3 is 1.55 bits per heavy atom. The normalized spacial score (nSPS) is 13.7. The van der Waals surface area contributed by atoms with Crippen LogP contribution in [0, 0.1) is 0 Å². The number of carboxylic acids is 1. The fourth-order valence-electron chi connectivity index (χ4n) is 5.94. The van der Waals surface area contributed by atoms with Gasteiger partial charge in [-0.05, 0) is 77.0 Å². The van der Waals surface area contributed by atoms with Gasteiger partial charge in [-0.2, -0.15) is 0 Å². The second-order valence-electron chi connectivity index (χ2n) is 15.6. The first-order chi connectivity index (χ1) is 27.1. The average molecular weight is 785 g/mol. The number of esters is 2. The van der Waals surface area contributed by atoms with E-state index in [1.165, 1.54) is 44.9 Å². The summed E-state index contributed by atoms with van der Waals surface area (Å²) in [4.78, 5) is 36.8. The van der Waals surface area contributed by atoms with E-state index in [9.17, 15) is 19.5 Å². The van der Waals surface area contributed by atoms with Gasteiger partial charge < -0.3 is 23.8 Å². The first-order valence-electron chi connectivity index (χ1n) is 22.0. The summed E-state index contributed by atoms with van der Waals surface area (Å²) in [6, 6.07) is -0.622. The zero-order chi connectivity index (χ0) is 41.4. The highest BCUT2D eigenvalue weighted by molar-refractivity contribution is 5.72. The number of hydrogen-bond donors (Lipinski definition) is 1. The number of likely N-dealkylation sites (N-methyl/N-ethyl adjacent to an activating group) is 1. The molecule has 0 aliphatic carbocycles. The molecule has 0 aromatic carbocycles. The van der Waals surface area contributed by atoms with Gasteiger partial charge in [0.15, 0.2) is 12.1 Å². The van der Waals surface area contributed by atoms with Crippen LogP contribution in [0.2, 0.25) is 0 Å². The van der Waals surface area contributed by atoms with Crippen LogP contribution in [0.4, 0.5) is 0 Å². The quantitative estimate of drug-likeness (QED) is 0.0288. The molecule has 0 saturated heterocycles. The van der Waals surface area contributed by atoms with Crippen molar-refractivity contribution in [3.63, 3.8) is 0 Å². The smallest absolute Gasteiger partial charge is 0.362 e. The third-order valence-electron chi connectivity index (χ3n) is 9.34. The lowest BCUT2D eigenvalue weighted by molar-refractivity contribution is -0.887. The number of allylic oxidation sites excluding steroid dienone is 12. The first-order valence-corrected chi connectivity index (χ1v) is 22.0. The van der Waals surface area contributed by atoms with E-state index >= 15 is 0 Å². The Hall–Kier alpha value is -3.23. The maximum atomic E-state index is 12.7. The standard InChI is InChI=1S/C48H81NO7/c1-6-8-10-12-14-16-17-18-19-20-21-22-23-24-25-26-27-28-29-31-33-35-37-39-47(51)56-44(42-54-41-40-45(48(52)53)49(3,4)5)43-55-46(50)38-36-34-32-30-15-13-11-9-7-2/h8,10,14,16,18-19,21-22,24-25,30,32,44-45H,6-7,9,11-13,15,17,20,23,26-29,31,33-43H2,1-5H3/p+1/b10-8+,16-14+,19-18+,22-21+,25-24+,32-30+. The topological polar surface area (TPSA) is 99.1 Å². The number of quaternary nitrogens is 1. The van der Waals surface area contributed by atoms with E-state index < -0.39 is 18.1 Å². The molecule has 0 aliphatic rings. The number of carboxylic acid groups (broad SMARTS) is 1. The van der Waals surface area contributed by atoms with Gasteiger partial charge in [-0.3, -0.25) is 9.59 Å². The highest BCUT2D eigenvalue weighted by Gasteiger charge is 2.31. The minimum absolute atomic E-state index is 0.0445. The van der Waals surface area contributed by atoms with E-state index in [0.717, 1.165) is 77.0 Å². The van der Waals surface area contributed by atoms with Crippen LogP contribution in [-0.2, 0) is 28.6 Å². The zero-order valence-electron chi connectivity index (χ0n) is 36.3. The molecule has 2 atom stereocenters. The van der Waals surface area contributed by atoms with E-state index in [4.69, 9.17) is 14.2 Å². The van der Waals surface area contributed by atoms with Crippen molar-refractivity contribution in [2.24, 2.45) is 0 Å². The molecule has 0 aromatic rings. The molecule has 0 bridgehead atoms. The van der Waals surface area contributed by atoms with Crippen LogP contribution in [-0.4, -0.2) is 80.6 Å². The average Bonchev–Trinajstić information content (AvgIpc) is 3.15. The zero-order valence-corrected chi connectivity index (χ0v) is 36.3. The molecule has 320 valence electrons. The molecule has 0 aromatic heterocycles. The van der Waals surface area contributed by atoms with Crippen LogP contribution in [0.3, 0.4) is 0 Å². The largest absolute Gasteiger partial charge is 0.477 e. The second kappa shape index (κ2) is 38.6. The monoisotopic (exact) mass is 785 g/mol. The third kappa shape index (κ3) is 36.4. The van der Waals surface area contributed by atoms with Gasteiger partial charge in [-0.1, -0.05) is 138 Å². The molecule has 0 fully saturated rings. The van der Waals surface area contributed by atoms with Gasteiger partial charge in [0, 0.05) is 19.3 Å². The SMILES string of the molecule is CC/C=C/C/C=C/C/C=C/C/C=C/C/C=C/CCCCCCCCCC(=O)OC(COCCC(C(=O)O)[N+](C)(C)C)COC(=O)CCC/C=C/CCCCCC. The number of nitrogens with zero attached hydrogens (tertiary/aromatic N) is 1. The maximum Gasteiger partial charge on any atom is 0.362 e. The minimum atomic E-state index is -0.884. The van der Waals surface area contributed by atoms with Crippen LogP contribution >= 0.6 is 0 Å². The number of ether oxygens (including phenoxy) is 3. The Balaban J connectivity index is 4.31. The predicted molar refractivity (Wildman–Crippen MR) is 233 cm³/mol. The van der Waals surface area contributed by atoms with Crippen molar-refractivity contribution in [3.05, 3.63) is 72.9 Å². The lowest BCUT2D eigenvalue weighted by Gasteiger charge is -2.31. The Morgan fingerprint density at radius 2 is 1.02 bits per heavy atom. The highest BCUT2D eigenvalue weighted by Crippen LogP contribution is 2.13. The summed E-state index contributed by atoms with van der Waals surface area (Å²) >= 11 is 0. The lowest BCUT2D eigenvalue weighted by Crippen LogP contribution is -2.50. The molecule has 56 heavy (non-hydrogen) atoms. The number of carbonyl (C=O) groups excluding carboxylic acids is 2. The molecule has 0 spiro atoms. The lowest BCUT2D eigenvalue weighted by atomic mass is 10.1. The molecule has 0 amide bonds. The van der Waals surface area contributed by atoms with Crippen LogP contribution in [0.15, 0.2) is 72.9 Å². The first kappa shape index (κ1) is 52.8. The van der Waals surface area contributed by atoms with Crippen molar-refractivity contribution in [1.29, 1.82) is 0 Å². The fourth-order valence-corrected chi connectivity index (χ4v) is 5.94. The second-order valence-corrected chi connectivity index (χ2v) is 15.6. The van der Waals surface area contributed by atoms with Gasteiger partial charge >= 0.3 is 17.9 Å². The van der Waals surface area contributed by atoms with Crippen molar-refractivity contribution in [1.82, 2.24) is 0 Å². The molecular formula is C48H82NO7+. The summed E-state index contributed by atoms with van der Waals surface area (Å²) in [6.07, 6.45) is 48.2. The Kier molecular flexibility index (Phi) is 36.4. The Bertz CT molecular complexity index is 1140. The van der Waals surface area contributed by atoms with Crippen LogP contribution in [0.5, 0.6) is 0 Å². The van der Waals surface area contributed by atoms with Crippen molar-refractivity contribution in [3.8, 4) is 0 Å². The summed E-state index contributed by atoms with van der Waals surface area (Å²) in [5, 5.41) is 9.60.